The van der Waals surface area contributed by atoms with Gasteiger partial charge in [0.25, 0.3) is 0 Å². The average molecular weight is 192 g/mol. The van der Waals surface area contributed by atoms with Crippen LogP contribution in [0.4, 0.5) is 0 Å². The smallest absolute Gasteiger partial charge is 0.229 e. The quantitative estimate of drug-likeness (QED) is 0.740. The normalized spacial score (nSPS) is 14.7. The number of amides is 1. The molecule has 0 saturated heterocycles. The highest BCUT2D eigenvalue weighted by Gasteiger charge is 2.34. The van der Waals surface area contributed by atoms with Crippen LogP contribution < -0.4 is 11.5 Å². The molecule has 0 aliphatic rings. The number of primary amides is 1. The molecule has 0 aliphatic carbocycles. The highest BCUT2D eigenvalue weighted by Crippen LogP contribution is 2.26. The van der Waals surface area contributed by atoms with E-state index in [2.05, 4.69) is 0 Å². The largest absolute Gasteiger partial charge is 0.369 e. The highest BCUT2D eigenvalue weighted by atomic mass is 16.1. The molecule has 3 nitrogen and oxygen atoms in total. The number of benzene rings is 1. The lowest BCUT2D eigenvalue weighted by Gasteiger charge is -2.28. The lowest BCUT2D eigenvalue weighted by atomic mass is 9.77. The van der Waals surface area contributed by atoms with Gasteiger partial charge in [-0.3, -0.25) is 4.79 Å². The fourth-order valence-electron chi connectivity index (χ4n) is 1.64. The van der Waals surface area contributed by atoms with Crippen molar-refractivity contribution in [2.75, 3.05) is 6.54 Å². The van der Waals surface area contributed by atoms with Crippen LogP contribution in [0.5, 0.6) is 0 Å². The third-order valence-corrected chi connectivity index (χ3v) is 2.75. The second-order valence-electron chi connectivity index (χ2n) is 3.37. The summed E-state index contributed by atoms with van der Waals surface area (Å²) in [5.74, 6) is -0.353. The summed E-state index contributed by atoms with van der Waals surface area (Å²) < 4.78 is 0. The average Bonchev–Trinajstić information content (AvgIpc) is 2.22. The van der Waals surface area contributed by atoms with Gasteiger partial charge in [0, 0.05) is 6.54 Å². The molecule has 0 spiro atoms. The zero-order chi connectivity index (χ0) is 10.6. The van der Waals surface area contributed by atoms with Crippen molar-refractivity contribution in [3.63, 3.8) is 0 Å². The van der Waals surface area contributed by atoms with Crippen molar-refractivity contribution < 1.29 is 4.79 Å². The Morgan fingerprint density at radius 2 is 1.93 bits per heavy atom. The Labute approximate surface area is 84.1 Å². The summed E-state index contributed by atoms with van der Waals surface area (Å²) in [7, 11) is 0. The number of carbonyl (C=O) groups excluding carboxylic acids is 1. The number of carbonyl (C=O) groups is 1. The van der Waals surface area contributed by atoms with Crippen molar-refractivity contribution in [3.8, 4) is 0 Å². The Morgan fingerprint density at radius 1 is 1.36 bits per heavy atom. The van der Waals surface area contributed by atoms with E-state index in [0.29, 0.717) is 6.42 Å². The van der Waals surface area contributed by atoms with E-state index < -0.39 is 5.41 Å². The summed E-state index contributed by atoms with van der Waals surface area (Å²) in [6.45, 7) is 2.17. The van der Waals surface area contributed by atoms with Gasteiger partial charge >= 0.3 is 0 Å². The van der Waals surface area contributed by atoms with Crippen LogP contribution in [0.3, 0.4) is 0 Å². The van der Waals surface area contributed by atoms with E-state index in [9.17, 15) is 4.79 Å². The van der Waals surface area contributed by atoms with Crippen LogP contribution >= 0.6 is 0 Å². The SMILES string of the molecule is CCC(CN)(C(N)=O)c1ccccc1. The summed E-state index contributed by atoms with van der Waals surface area (Å²) in [5.41, 5.74) is 11.2. The molecule has 1 amide bonds. The maximum Gasteiger partial charge on any atom is 0.229 e. The second-order valence-corrected chi connectivity index (χ2v) is 3.37. The minimum Gasteiger partial charge on any atom is -0.369 e. The van der Waals surface area contributed by atoms with Crippen molar-refractivity contribution in [2.24, 2.45) is 11.5 Å². The van der Waals surface area contributed by atoms with E-state index in [1.807, 2.05) is 37.3 Å². The van der Waals surface area contributed by atoms with Crippen molar-refractivity contribution >= 4 is 5.91 Å². The Kier molecular flexibility index (Phi) is 3.25. The Hall–Kier alpha value is -1.35. The Bertz CT molecular complexity index is 304. The lowest BCUT2D eigenvalue weighted by molar-refractivity contribution is -0.123. The van der Waals surface area contributed by atoms with Gasteiger partial charge in [0.15, 0.2) is 0 Å². The van der Waals surface area contributed by atoms with Gasteiger partial charge in [0.05, 0.1) is 5.41 Å². The molecule has 0 bridgehead atoms. The summed E-state index contributed by atoms with van der Waals surface area (Å²) in [4.78, 5) is 11.4. The molecule has 0 saturated carbocycles. The molecule has 1 aromatic rings. The fraction of sp³-hybridized carbons (Fsp3) is 0.364. The summed E-state index contributed by atoms with van der Waals surface area (Å²) in [6, 6.07) is 9.46. The number of hydrogen-bond acceptors (Lipinski definition) is 2. The van der Waals surface area contributed by atoms with Gasteiger partial charge in [-0.05, 0) is 12.0 Å². The van der Waals surface area contributed by atoms with Gasteiger partial charge in [-0.2, -0.15) is 0 Å². The lowest BCUT2D eigenvalue weighted by Crippen LogP contribution is -2.46. The molecule has 1 atom stereocenters. The van der Waals surface area contributed by atoms with Crippen LogP contribution in [0.2, 0.25) is 0 Å². The van der Waals surface area contributed by atoms with Crippen molar-refractivity contribution in [1.82, 2.24) is 0 Å². The van der Waals surface area contributed by atoms with Crippen LogP contribution in [-0.4, -0.2) is 12.5 Å². The van der Waals surface area contributed by atoms with Crippen molar-refractivity contribution in [2.45, 2.75) is 18.8 Å². The molecular formula is C11H16N2O. The summed E-state index contributed by atoms with van der Waals surface area (Å²) in [5, 5.41) is 0. The Morgan fingerprint density at radius 3 is 2.29 bits per heavy atom. The maximum absolute atomic E-state index is 11.4. The molecule has 0 fully saturated rings. The van der Waals surface area contributed by atoms with Crippen molar-refractivity contribution in [1.29, 1.82) is 0 Å². The molecule has 0 radical (unpaired) electrons. The van der Waals surface area contributed by atoms with Gasteiger partial charge in [-0.15, -0.1) is 0 Å². The first-order chi connectivity index (χ1) is 6.67. The van der Waals surface area contributed by atoms with E-state index in [0.717, 1.165) is 5.56 Å². The van der Waals surface area contributed by atoms with Crippen molar-refractivity contribution in [3.05, 3.63) is 35.9 Å². The minimum absolute atomic E-state index is 0.253. The van der Waals surface area contributed by atoms with Crippen LogP contribution in [-0.2, 0) is 10.2 Å². The number of rotatable bonds is 4. The summed E-state index contributed by atoms with van der Waals surface area (Å²) in [6.07, 6.45) is 0.628. The molecule has 1 unspecified atom stereocenters. The van der Waals surface area contributed by atoms with Gasteiger partial charge in [-0.1, -0.05) is 37.3 Å². The van der Waals surface area contributed by atoms with E-state index in [-0.39, 0.29) is 12.5 Å². The van der Waals surface area contributed by atoms with E-state index >= 15 is 0 Å². The van der Waals surface area contributed by atoms with Gasteiger partial charge < -0.3 is 11.5 Å². The molecular weight excluding hydrogens is 176 g/mol. The standard InChI is InChI=1S/C11H16N2O/c1-2-11(8-12,10(13)14)9-6-4-3-5-7-9/h3-7H,2,8,12H2,1H3,(H2,13,14). The highest BCUT2D eigenvalue weighted by molar-refractivity contribution is 5.87. The van der Waals surface area contributed by atoms with Crippen LogP contribution in [0, 0.1) is 0 Å². The van der Waals surface area contributed by atoms with E-state index in [1.54, 1.807) is 0 Å². The van der Waals surface area contributed by atoms with Gasteiger partial charge in [-0.25, -0.2) is 0 Å². The molecule has 0 aliphatic heterocycles. The molecule has 76 valence electrons. The molecule has 3 heteroatoms. The number of nitrogens with two attached hydrogens (primary N) is 2. The maximum atomic E-state index is 11.4. The van der Waals surface area contributed by atoms with Crippen LogP contribution in [0.1, 0.15) is 18.9 Å². The first-order valence-corrected chi connectivity index (χ1v) is 4.73. The first-order valence-electron chi connectivity index (χ1n) is 4.73. The van der Waals surface area contributed by atoms with E-state index in [1.165, 1.54) is 0 Å². The van der Waals surface area contributed by atoms with Gasteiger partial charge in [0.1, 0.15) is 0 Å². The molecule has 1 aromatic carbocycles. The second kappa shape index (κ2) is 4.24. The predicted molar refractivity (Wildman–Crippen MR) is 56.7 cm³/mol. The minimum atomic E-state index is -0.707. The van der Waals surface area contributed by atoms with E-state index in [4.69, 9.17) is 11.5 Å². The number of hydrogen-bond donors (Lipinski definition) is 2. The van der Waals surface area contributed by atoms with Crippen LogP contribution in [0.15, 0.2) is 30.3 Å². The molecule has 0 aromatic heterocycles. The monoisotopic (exact) mass is 192 g/mol. The Balaban J connectivity index is 3.18. The third kappa shape index (κ3) is 1.63. The fourth-order valence-corrected chi connectivity index (χ4v) is 1.64. The zero-order valence-corrected chi connectivity index (χ0v) is 8.36. The zero-order valence-electron chi connectivity index (χ0n) is 8.36. The summed E-state index contributed by atoms with van der Waals surface area (Å²) >= 11 is 0. The molecule has 4 N–H and O–H groups in total. The van der Waals surface area contributed by atoms with Gasteiger partial charge in [0.2, 0.25) is 5.91 Å². The molecule has 14 heavy (non-hydrogen) atoms. The van der Waals surface area contributed by atoms with Crippen LogP contribution in [0.25, 0.3) is 0 Å². The predicted octanol–water partition coefficient (Wildman–Crippen LogP) is 0.778. The first kappa shape index (κ1) is 10.7. The topological polar surface area (TPSA) is 69.1 Å². The third-order valence-electron chi connectivity index (χ3n) is 2.75. The molecule has 0 heterocycles. The molecule has 1 rings (SSSR count).